The summed E-state index contributed by atoms with van der Waals surface area (Å²) in [5, 5.41) is -0.146. The lowest BCUT2D eigenvalue weighted by atomic mass is 10.1. The van der Waals surface area contributed by atoms with Crippen molar-refractivity contribution in [3.63, 3.8) is 0 Å². The van der Waals surface area contributed by atoms with Crippen LogP contribution in [0.5, 0.6) is 0 Å². The molecule has 0 amide bonds. The maximum Gasteiger partial charge on any atom is 0.416 e. The number of ether oxygens (including phenoxy) is 1. The van der Waals surface area contributed by atoms with Crippen LogP contribution in [0.15, 0.2) is 18.2 Å². The molecule has 0 bridgehead atoms. The summed E-state index contributed by atoms with van der Waals surface area (Å²) in [7, 11) is 1.18. The van der Waals surface area contributed by atoms with E-state index in [0.717, 1.165) is 18.2 Å². The number of rotatable bonds is 2. The number of hydrogen-bond donors (Lipinski definition) is 0. The van der Waals surface area contributed by atoms with Crippen molar-refractivity contribution in [2.75, 3.05) is 7.11 Å². The van der Waals surface area contributed by atoms with Gasteiger partial charge in [-0.15, -0.1) is 0 Å². The number of hydrogen-bond acceptors (Lipinski definition) is 2. The molecule has 1 aromatic rings. The summed E-state index contributed by atoms with van der Waals surface area (Å²) in [6.07, 6.45) is -4.46. The summed E-state index contributed by atoms with van der Waals surface area (Å²) in [4.78, 5) is 10.3. The van der Waals surface area contributed by atoms with E-state index in [-0.39, 0.29) is 10.6 Å². The van der Waals surface area contributed by atoms with Crippen molar-refractivity contribution in [3.05, 3.63) is 34.3 Å². The molecule has 1 rings (SSSR count). The summed E-state index contributed by atoms with van der Waals surface area (Å²) < 4.78 is 41.5. The first-order chi connectivity index (χ1) is 7.77. The van der Waals surface area contributed by atoms with E-state index >= 15 is 0 Å². The Kier molecular flexibility index (Phi) is 4.43. The summed E-state index contributed by atoms with van der Waals surface area (Å²) >= 11 is 8.69. The zero-order valence-corrected chi connectivity index (χ0v) is 10.9. The summed E-state index contributed by atoms with van der Waals surface area (Å²) in [6, 6.07) is 2.77. The Balaban J connectivity index is 3.10. The molecule has 0 saturated carbocycles. The molecule has 94 valence electrons. The number of esters is 1. The fraction of sp³-hybridized carbons (Fsp3) is 0.300. The predicted molar refractivity (Wildman–Crippen MR) is 60.1 cm³/mol. The van der Waals surface area contributed by atoms with Crippen molar-refractivity contribution < 1.29 is 22.7 Å². The van der Waals surface area contributed by atoms with Crippen molar-refractivity contribution in [3.8, 4) is 0 Å². The number of carbonyl (C=O) groups excluding carboxylic acids is 1. The van der Waals surface area contributed by atoms with Gasteiger partial charge in [-0.3, -0.25) is 4.79 Å². The van der Waals surface area contributed by atoms with Crippen LogP contribution < -0.4 is 0 Å². The van der Waals surface area contributed by atoms with Crippen LogP contribution in [0.4, 0.5) is 13.2 Å². The van der Waals surface area contributed by atoms with Crippen LogP contribution in [0.2, 0.25) is 5.02 Å². The number of benzene rings is 1. The Labute approximate surface area is 109 Å². The van der Waals surface area contributed by atoms with Gasteiger partial charge < -0.3 is 4.74 Å². The van der Waals surface area contributed by atoms with Crippen LogP contribution >= 0.6 is 27.5 Å². The smallest absolute Gasteiger partial charge is 0.416 e. The quantitative estimate of drug-likeness (QED) is 0.605. The van der Waals surface area contributed by atoms with Crippen molar-refractivity contribution in [1.82, 2.24) is 0 Å². The first kappa shape index (κ1) is 14.3. The second-order valence-electron chi connectivity index (χ2n) is 3.12. The van der Waals surface area contributed by atoms with Crippen LogP contribution in [-0.4, -0.2) is 13.1 Å². The molecule has 0 aliphatic carbocycles. The maximum absolute atomic E-state index is 12.4. The average molecular weight is 332 g/mol. The molecule has 2 nitrogen and oxygen atoms in total. The Morgan fingerprint density at radius 2 is 2.06 bits per heavy atom. The Bertz CT molecular complexity index is 434. The molecule has 0 spiro atoms. The van der Waals surface area contributed by atoms with Gasteiger partial charge in [0.2, 0.25) is 0 Å². The van der Waals surface area contributed by atoms with Gasteiger partial charge in [0.25, 0.3) is 0 Å². The molecule has 1 aromatic carbocycles. The van der Waals surface area contributed by atoms with Crippen LogP contribution in [0.25, 0.3) is 0 Å². The third kappa shape index (κ3) is 3.35. The van der Waals surface area contributed by atoms with Gasteiger partial charge in [-0.05, 0) is 17.7 Å². The lowest BCUT2D eigenvalue weighted by Crippen LogP contribution is -2.10. The fourth-order valence-corrected chi connectivity index (χ4v) is 2.15. The second kappa shape index (κ2) is 5.27. The highest BCUT2D eigenvalue weighted by molar-refractivity contribution is 9.09. The third-order valence-corrected chi connectivity index (χ3v) is 3.20. The minimum atomic E-state index is -4.46. The zero-order valence-electron chi connectivity index (χ0n) is 8.52. The van der Waals surface area contributed by atoms with E-state index in [1.54, 1.807) is 0 Å². The third-order valence-electron chi connectivity index (χ3n) is 2.01. The molecule has 0 saturated heterocycles. The van der Waals surface area contributed by atoms with Crippen LogP contribution in [0.1, 0.15) is 16.0 Å². The maximum atomic E-state index is 12.4. The van der Waals surface area contributed by atoms with E-state index in [9.17, 15) is 18.0 Å². The summed E-state index contributed by atoms with van der Waals surface area (Å²) in [6.45, 7) is 0. The van der Waals surface area contributed by atoms with Crippen LogP contribution in [0, 0.1) is 0 Å². The summed E-state index contributed by atoms with van der Waals surface area (Å²) in [5.41, 5.74) is -0.637. The lowest BCUT2D eigenvalue weighted by molar-refractivity contribution is -0.140. The van der Waals surface area contributed by atoms with E-state index < -0.39 is 22.5 Å². The normalized spacial score (nSPS) is 13.3. The zero-order chi connectivity index (χ0) is 13.2. The minimum absolute atomic E-state index is 0.146. The first-order valence-corrected chi connectivity index (χ1v) is 5.65. The van der Waals surface area contributed by atoms with Gasteiger partial charge in [0.15, 0.2) is 0 Å². The topological polar surface area (TPSA) is 26.3 Å². The highest BCUT2D eigenvalue weighted by Crippen LogP contribution is 2.36. The number of methoxy groups -OCH3 is 1. The molecular weight excluding hydrogens is 324 g/mol. The number of alkyl halides is 4. The van der Waals surface area contributed by atoms with Gasteiger partial charge >= 0.3 is 12.1 Å². The molecular formula is C10H7BrClF3O2. The van der Waals surface area contributed by atoms with Gasteiger partial charge in [-0.1, -0.05) is 33.6 Å². The molecule has 0 fully saturated rings. The SMILES string of the molecule is COC(=O)C(Br)c1ccc(C(F)(F)F)cc1Cl. The van der Waals surface area contributed by atoms with E-state index in [1.807, 2.05) is 0 Å². The van der Waals surface area contributed by atoms with Crippen LogP contribution in [0.3, 0.4) is 0 Å². The molecule has 7 heteroatoms. The number of carbonyl (C=O) groups is 1. The molecule has 0 N–H and O–H groups in total. The predicted octanol–water partition coefficient (Wildman–Crippen LogP) is 3.97. The van der Waals surface area contributed by atoms with E-state index in [1.165, 1.54) is 7.11 Å². The summed E-state index contributed by atoms with van der Waals surface area (Å²) in [5.74, 6) is -0.633. The minimum Gasteiger partial charge on any atom is -0.468 e. The van der Waals surface area contributed by atoms with E-state index in [4.69, 9.17) is 11.6 Å². The van der Waals surface area contributed by atoms with Gasteiger partial charge in [0.1, 0.15) is 4.83 Å². The molecule has 17 heavy (non-hydrogen) atoms. The largest absolute Gasteiger partial charge is 0.468 e. The number of halogens is 5. The van der Waals surface area contributed by atoms with Crippen molar-refractivity contribution in [2.24, 2.45) is 0 Å². The van der Waals surface area contributed by atoms with Crippen molar-refractivity contribution in [1.29, 1.82) is 0 Å². The van der Waals surface area contributed by atoms with E-state index in [2.05, 4.69) is 20.7 Å². The highest BCUT2D eigenvalue weighted by atomic mass is 79.9. The molecule has 0 aliphatic heterocycles. The van der Waals surface area contributed by atoms with Gasteiger partial charge in [-0.25, -0.2) is 0 Å². The van der Waals surface area contributed by atoms with Crippen molar-refractivity contribution >= 4 is 33.5 Å². The monoisotopic (exact) mass is 330 g/mol. The van der Waals surface area contributed by atoms with Crippen molar-refractivity contribution in [2.45, 2.75) is 11.0 Å². The highest BCUT2D eigenvalue weighted by Gasteiger charge is 2.32. The molecule has 0 radical (unpaired) electrons. The average Bonchev–Trinajstić information content (AvgIpc) is 2.25. The standard InChI is InChI=1S/C10H7BrClF3O2/c1-17-9(16)8(11)6-3-2-5(4-7(6)12)10(13,14)15/h2-4,8H,1H3. The Morgan fingerprint density at radius 3 is 2.47 bits per heavy atom. The Hall–Kier alpha value is -0.750. The lowest BCUT2D eigenvalue weighted by Gasteiger charge is -2.12. The second-order valence-corrected chi connectivity index (χ2v) is 4.44. The molecule has 0 heterocycles. The Morgan fingerprint density at radius 1 is 1.47 bits per heavy atom. The molecule has 0 aromatic heterocycles. The van der Waals surface area contributed by atoms with Gasteiger partial charge in [-0.2, -0.15) is 13.2 Å². The fourth-order valence-electron chi connectivity index (χ4n) is 1.14. The molecule has 0 aliphatic rings. The van der Waals surface area contributed by atoms with Gasteiger partial charge in [0, 0.05) is 5.02 Å². The molecule has 1 atom stereocenters. The molecule has 1 unspecified atom stereocenters. The van der Waals surface area contributed by atoms with E-state index in [0.29, 0.717) is 0 Å². The van der Waals surface area contributed by atoms with Gasteiger partial charge in [0.05, 0.1) is 12.7 Å². The first-order valence-electron chi connectivity index (χ1n) is 4.36. The van der Waals surface area contributed by atoms with Crippen LogP contribution in [-0.2, 0) is 15.7 Å².